The second-order valence-corrected chi connectivity index (χ2v) is 4.56. The third-order valence-electron chi connectivity index (χ3n) is 2.83. The third-order valence-corrected chi connectivity index (χ3v) is 3.08. The van der Waals surface area contributed by atoms with Crippen LogP contribution in [-0.2, 0) is 16.0 Å². The molecule has 1 heterocycles. The Labute approximate surface area is 101 Å². The molecule has 0 N–H and O–H groups in total. The van der Waals surface area contributed by atoms with Crippen molar-refractivity contribution < 1.29 is 9.53 Å². The van der Waals surface area contributed by atoms with Crippen molar-refractivity contribution in [2.75, 3.05) is 6.61 Å². The summed E-state index contributed by atoms with van der Waals surface area (Å²) in [7, 11) is 0. The van der Waals surface area contributed by atoms with Gasteiger partial charge in [0.15, 0.2) is 5.78 Å². The van der Waals surface area contributed by atoms with Crippen molar-refractivity contribution in [2.45, 2.75) is 31.8 Å². The number of benzene rings is 1. The normalized spacial score (nSPS) is 20.7. The molecule has 1 aromatic carbocycles. The molecule has 2 nitrogen and oxygen atoms in total. The van der Waals surface area contributed by atoms with Crippen molar-refractivity contribution in [3.8, 4) is 0 Å². The number of halogens is 1. The lowest BCUT2D eigenvalue weighted by Crippen LogP contribution is -2.29. The topological polar surface area (TPSA) is 26.3 Å². The molecule has 0 aliphatic carbocycles. The zero-order valence-electron chi connectivity index (χ0n) is 9.12. The Balaban J connectivity index is 1.93. The summed E-state index contributed by atoms with van der Waals surface area (Å²) in [4.78, 5) is 11.9. The molecule has 1 fully saturated rings. The van der Waals surface area contributed by atoms with Gasteiger partial charge >= 0.3 is 0 Å². The molecular formula is C13H15ClO2. The van der Waals surface area contributed by atoms with Crippen molar-refractivity contribution in [1.29, 1.82) is 0 Å². The predicted molar refractivity (Wildman–Crippen MR) is 63.8 cm³/mol. The summed E-state index contributed by atoms with van der Waals surface area (Å²) in [5.41, 5.74) is 1.00. The number of hydrogen-bond acceptors (Lipinski definition) is 2. The quantitative estimate of drug-likeness (QED) is 0.809. The van der Waals surface area contributed by atoms with E-state index in [1.807, 2.05) is 24.3 Å². The van der Waals surface area contributed by atoms with Crippen molar-refractivity contribution in [3.05, 3.63) is 34.9 Å². The van der Waals surface area contributed by atoms with Crippen LogP contribution in [0.5, 0.6) is 0 Å². The van der Waals surface area contributed by atoms with Crippen molar-refractivity contribution in [2.24, 2.45) is 0 Å². The van der Waals surface area contributed by atoms with Gasteiger partial charge in [0, 0.05) is 18.1 Å². The fourth-order valence-electron chi connectivity index (χ4n) is 1.91. The number of ketones is 1. The molecule has 1 saturated heterocycles. The lowest BCUT2D eigenvalue weighted by atomic mass is 10.00. The summed E-state index contributed by atoms with van der Waals surface area (Å²) in [5.74, 6) is 0.182. The summed E-state index contributed by atoms with van der Waals surface area (Å²) in [6.45, 7) is 0.719. The molecule has 0 bridgehead atoms. The molecule has 1 atom stereocenters. The first-order valence-electron chi connectivity index (χ1n) is 5.64. The standard InChI is InChI=1S/C13H15ClO2/c14-11-6-4-10(5-7-11)9-12(15)13-3-1-2-8-16-13/h4-7,13H,1-3,8-9H2. The second-order valence-electron chi connectivity index (χ2n) is 4.12. The van der Waals surface area contributed by atoms with Crippen LogP contribution in [0.25, 0.3) is 0 Å². The highest BCUT2D eigenvalue weighted by atomic mass is 35.5. The van der Waals surface area contributed by atoms with Gasteiger partial charge in [0.05, 0.1) is 0 Å². The monoisotopic (exact) mass is 238 g/mol. The van der Waals surface area contributed by atoms with E-state index in [0.717, 1.165) is 31.4 Å². The maximum Gasteiger partial charge on any atom is 0.165 e. The van der Waals surface area contributed by atoms with Gasteiger partial charge in [0.2, 0.25) is 0 Å². The lowest BCUT2D eigenvalue weighted by molar-refractivity contribution is -0.132. The van der Waals surface area contributed by atoms with Crippen LogP contribution in [-0.4, -0.2) is 18.5 Å². The fraction of sp³-hybridized carbons (Fsp3) is 0.462. The number of rotatable bonds is 3. The molecule has 0 aromatic heterocycles. The minimum atomic E-state index is -0.190. The molecule has 0 saturated carbocycles. The molecule has 16 heavy (non-hydrogen) atoms. The van der Waals surface area contributed by atoms with Gasteiger partial charge in [-0.3, -0.25) is 4.79 Å². The highest BCUT2D eigenvalue weighted by Crippen LogP contribution is 2.16. The summed E-state index contributed by atoms with van der Waals surface area (Å²) in [5, 5.41) is 0.699. The van der Waals surface area contributed by atoms with Crippen LogP contribution in [0.4, 0.5) is 0 Å². The van der Waals surface area contributed by atoms with Crippen LogP contribution in [0.2, 0.25) is 5.02 Å². The summed E-state index contributed by atoms with van der Waals surface area (Å²) in [6.07, 6.45) is 3.29. The lowest BCUT2D eigenvalue weighted by Gasteiger charge is -2.21. The van der Waals surface area contributed by atoms with Crippen LogP contribution >= 0.6 is 11.6 Å². The van der Waals surface area contributed by atoms with Gasteiger partial charge in [-0.2, -0.15) is 0 Å². The van der Waals surface area contributed by atoms with Crippen molar-refractivity contribution >= 4 is 17.4 Å². The zero-order valence-corrected chi connectivity index (χ0v) is 9.87. The van der Waals surface area contributed by atoms with Crippen LogP contribution in [0.1, 0.15) is 24.8 Å². The molecule has 1 aliphatic rings. The van der Waals surface area contributed by atoms with Gasteiger partial charge in [-0.25, -0.2) is 0 Å². The van der Waals surface area contributed by atoms with E-state index in [1.54, 1.807) is 0 Å². The average Bonchev–Trinajstić information content (AvgIpc) is 2.33. The maximum absolute atomic E-state index is 11.9. The Morgan fingerprint density at radius 3 is 2.69 bits per heavy atom. The minimum Gasteiger partial charge on any atom is -0.370 e. The SMILES string of the molecule is O=C(Cc1ccc(Cl)cc1)C1CCCCO1. The van der Waals surface area contributed by atoms with E-state index >= 15 is 0 Å². The Hall–Kier alpha value is -0.860. The van der Waals surface area contributed by atoms with Crippen LogP contribution in [0, 0.1) is 0 Å². The van der Waals surface area contributed by atoms with Crippen LogP contribution < -0.4 is 0 Å². The first-order chi connectivity index (χ1) is 7.75. The van der Waals surface area contributed by atoms with Crippen molar-refractivity contribution in [3.63, 3.8) is 0 Å². The van der Waals surface area contributed by atoms with E-state index < -0.39 is 0 Å². The first kappa shape index (κ1) is 11.6. The molecule has 0 spiro atoms. The van der Waals surface area contributed by atoms with E-state index in [1.165, 1.54) is 0 Å². The molecular weight excluding hydrogens is 224 g/mol. The molecule has 0 radical (unpaired) electrons. The molecule has 1 aromatic rings. The highest BCUT2D eigenvalue weighted by molar-refractivity contribution is 6.30. The average molecular weight is 239 g/mol. The third kappa shape index (κ3) is 3.06. The predicted octanol–water partition coefficient (Wildman–Crippen LogP) is 3.02. The van der Waals surface area contributed by atoms with Gasteiger partial charge in [0.25, 0.3) is 0 Å². The van der Waals surface area contributed by atoms with Gasteiger partial charge in [-0.1, -0.05) is 23.7 Å². The number of ether oxygens (including phenoxy) is 1. The zero-order chi connectivity index (χ0) is 11.4. The van der Waals surface area contributed by atoms with Crippen LogP contribution in [0.3, 0.4) is 0 Å². The van der Waals surface area contributed by atoms with E-state index in [2.05, 4.69) is 0 Å². The Kier molecular flexibility index (Phi) is 3.97. The number of carbonyl (C=O) groups excluding carboxylic acids is 1. The number of Topliss-reactive ketones (excluding diaryl/α,β-unsaturated/α-hetero) is 1. The smallest absolute Gasteiger partial charge is 0.165 e. The van der Waals surface area contributed by atoms with Gasteiger partial charge in [-0.05, 0) is 37.0 Å². The van der Waals surface area contributed by atoms with E-state index in [0.29, 0.717) is 11.4 Å². The van der Waals surface area contributed by atoms with Gasteiger partial charge < -0.3 is 4.74 Å². The highest BCUT2D eigenvalue weighted by Gasteiger charge is 2.21. The van der Waals surface area contributed by atoms with Gasteiger partial charge in [-0.15, -0.1) is 0 Å². The Morgan fingerprint density at radius 2 is 2.06 bits per heavy atom. The molecule has 1 unspecified atom stereocenters. The minimum absolute atomic E-state index is 0.182. The van der Waals surface area contributed by atoms with Gasteiger partial charge in [0.1, 0.15) is 6.10 Å². The summed E-state index contributed by atoms with van der Waals surface area (Å²) in [6, 6.07) is 7.41. The van der Waals surface area contributed by atoms with E-state index in [4.69, 9.17) is 16.3 Å². The maximum atomic E-state index is 11.9. The Morgan fingerprint density at radius 1 is 1.31 bits per heavy atom. The molecule has 0 amide bonds. The molecule has 3 heteroatoms. The van der Waals surface area contributed by atoms with E-state index in [-0.39, 0.29) is 11.9 Å². The second kappa shape index (κ2) is 5.46. The van der Waals surface area contributed by atoms with E-state index in [9.17, 15) is 4.79 Å². The molecule has 86 valence electrons. The molecule has 2 rings (SSSR count). The summed E-state index contributed by atoms with van der Waals surface area (Å²) >= 11 is 5.79. The Bertz CT molecular complexity index is 353. The molecule has 1 aliphatic heterocycles. The first-order valence-corrected chi connectivity index (χ1v) is 6.02. The van der Waals surface area contributed by atoms with Crippen molar-refractivity contribution in [1.82, 2.24) is 0 Å². The number of carbonyl (C=O) groups is 1. The largest absolute Gasteiger partial charge is 0.370 e. The fourth-order valence-corrected chi connectivity index (χ4v) is 2.04. The van der Waals surface area contributed by atoms with Crippen LogP contribution in [0.15, 0.2) is 24.3 Å². The summed E-state index contributed by atoms with van der Waals surface area (Å²) < 4.78 is 5.46. The number of hydrogen-bond donors (Lipinski definition) is 0.